The van der Waals surface area contributed by atoms with Crippen LogP contribution in [0.25, 0.3) is 0 Å². The normalized spacial score (nSPS) is 18.3. The molecule has 0 spiro atoms. The summed E-state index contributed by atoms with van der Waals surface area (Å²) in [6.07, 6.45) is -2.28. The van der Waals surface area contributed by atoms with Gasteiger partial charge in [-0.3, -0.25) is 0 Å². The maximum absolute atomic E-state index is 12.8. The average molecular weight is 311 g/mol. The first-order chi connectivity index (χ1) is 10.5. The van der Waals surface area contributed by atoms with Crippen molar-refractivity contribution in [2.24, 2.45) is 0 Å². The fraction of sp³-hybridized carbons (Fsp3) is 0.467. The quantitative estimate of drug-likeness (QED) is 0.948. The van der Waals surface area contributed by atoms with Gasteiger partial charge in [0.25, 0.3) is 0 Å². The van der Waals surface area contributed by atoms with Crippen LogP contribution in [-0.4, -0.2) is 26.5 Å². The number of nitrogens with zero attached hydrogens (tertiary/aromatic N) is 3. The molecule has 0 aliphatic carbocycles. The van der Waals surface area contributed by atoms with Crippen molar-refractivity contribution in [2.45, 2.75) is 37.9 Å². The molecule has 1 unspecified atom stereocenters. The smallest absolute Gasteiger partial charge is 0.396 e. The molecule has 0 fully saturated rings. The van der Waals surface area contributed by atoms with Crippen molar-refractivity contribution < 1.29 is 18.3 Å². The van der Waals surface area contributed by atoms with Gasteiger partial charge in [-0.1, -0.05) is 18.2 Å². The molecule has 3 rings (SSSR count). The van der Waals surface area contributed by atoms with Crippen LogP contribution in [0.3, 0.4) is 0 Å². The Balaban J connectivity index is 1.87. The summed E-state index contributed by atoms with van der Waals surface area (Å²) in [5.74, 6) is 1.35. The van der Waals surface area contributed by atoms with Gasteiger partial charge >= 0.3 is 6.18 Å². The van der Waals surface area contributed by atoms with Crippen molar-refractivity contribution in [3.05, 3.63) is 47.0 Å². The minimum Gasteiger partial charge on any atom is -0.396 e. The van der Waals surface area contributed by atoms with Gasteiger partial charge in [0.2, 0.25) is 0 Å². The number of alkyl halides is 3. The molecule has 0 radical (unpaired) electrons. The van der Waals surface area contributed by atoms with Crippen LogP contribution in [0.2, 0.25) is 0 Å². The maximum atomic E-state index is 12.8. The number of hydrogen-bond donors (Lipinski definition) is 1. The van der Waals surface area contributed by atoms with Gasteiger partial charge in [0.05, 0.1) is 12.2 Å². The van der Waals surface area contributed by atoms with Gasteiger partial charge in [0, 0.05) is 18.9 Å². The van der Waals surface area contributed by atoms with E-state index in [1.807, 2.05) is 4.57 Å². The first-order valence-electron chi connectivity index (χ1n) is 7.18. The molecule has 1 N–H and O–H groups in total. The summed E-state index contributed by atoms with van der Waals surface area (Å²) in [5.41, 5.74) is -0.104. The highest BCUT2D eigenvalue weighted by Gasteiger charge is 2.30. The van der Waals surface area contributed by atoms with E-state index in [4.69, 9.17) is 0 Å². The fourth-order valence-electron chi connectivity index (χ4n) is 2.86. The number of aliphatic hydroxyl groups is 1. The van der Waals surface area contributed by atoms with Crippen LogP contribution >= 0.6 is 0 Å². The largest absolute Gasteiger partial charge is 0.416 e. The van der Waals surface area contributed by atoms with Crippen molar-refractivity contribution in [1.82, 2.24) is 14.8 Å². The van der Waals surface area contributed by atoms with E-state index >= 15 is 0 Å². The number of halogens is 3. The number of aliphatic hydroxyl groups excluding tert-OH is 1. The lowest BCUT2D eigenvalue weighted by Crippen LogP contribution is -2.20. The molecular weight excluding hydrogens is 295 g/mol. The fourth-order valence-corrected chi connectivity index (χ4v) is 2.86. The van der Waals surface area contributed by atoms with Gasteiger partial charge in [-0.25, -0.2) is 0 Å². The lowest BCUT2D eigenvalue weighted by Gasteiger charge is -2.21. The molecule has 2 heterocycles. The molecule has 1 aliphatic rings. The molecular formula is C15H16F3N3O. The Morgan fingerprint density at radius 2 is 2.09 bits per heavy atom. The van der Waals surface area contributed by atoms with Crippen LogP contribution in [0.4, 0.5) is 13.2 Å². The minimum absolute atomic E-state index is 0.0156. The van der Waals surface area contributed by atoms with E-state index in [1.165, 1.54) is 6.07 Å². The SMILES string of the molecule is OCC1CCCn2c(Cc3cccc(C(F)(F)F)c3)nnc21. The highest BCUT2D eigenvalue weighted by Crippen LogP contribution is 2.30. The van der Waals surface area contributed by atoms with Gasteiger partial charge < -0.3 is 9.67 Å². The number of fused-ring (bicyclic) bond motifs is 1. The van der Waals surface area contributed by atoms with Crippen LogP contribution in [0.1, 0.15) is 41.5 Å². The molecule has 1 aromatic heterocycles. The lowest BCUT2D eigenvalue weighted by molar-refractivity contribution is -0.137. The Kier molecular flexibility index (Phi) is 3.90. The second-order valence-corrected chi connectivity index (χ2v) is 5.52. The Labute approximate surface area is 125 Å². The topological polar surface area (TPSA) is 50.9 Å². The first kappa shape index (κ1) is 15.0. The van der Waals surface area contributed by atoms with Crippen LogP contribution in [0, 0.1) is 0 Å². The second-order valence-electron chi connectivity index (χ2n) is 5.52. The van der Waals surface area contributed by atoms with E-state index in [9.17, 15) is 18.3 Å². The molecule has 0 saturated carbocycles. The highest BCUT2D eigenvalue weighted by atomic mass is 19.4. The van der Waals surface area contributed by atoms with Crippen molar-refractivity contribution >= 4 is 0 Å². The van der Waals surface area contributed by atoms with Gasteiger partial charge in [0.1, 0.15) is 11.6 Å². The third-order valence-electron chi connectivity index (χ3n) is 3.99. The first-order valence-corrected chi connectivity index (χ1v) is 7.18. The molecule has 0 bridgehead atoms. The van der Waals surface area contributed by atoms with Crippen LogP contribution in [-0.2, 0) is 19.1 Å². The van der Waals surface area contributed by atoms with Gasteiger partial charge in [0.15, 0.2) is 0 Å². The van der Waals surface area contributed by atoms with Crippen molar-refractivity contribution in [2.75, 3.05) is 6.61 Å². The summed E-state index contributed by atoms with van der Waals surface area (Å²) in [7, 11) is 0. The van der Waals surface area contributed by atoms with Crippen molar-refractivity contribution in [1.29, 1.82) is 0 Å². The van der Waals surface area contributed by atoms with Crippen LogP contribution in [0.5, 0.6) is 0 Å². The van der Waals surface area contributed by atoms with E-state index in [0.29, 0.717) is 17.8 Å². The predicted octanol–water partition coefficient (Wildman–Crippen LogP) is 2.76. The monoisotopic (exact) mass is 311 g/mol. The molecule has 1 aromatic carbocycles. The molecule has 118 valence electrons. The van der Waals surface area contributed by atoms with E-state index in [2.05, 4.69) is 10.2 Å². The highest BCUT2D eigenvalue weighted by molar-refractivity contribution is 5.28. The van der Waals surface area contributed by atoms with Crippen molar-refractivity contribution in [3.8, 4) is 0 Å². The zero-order valence-electron chi connectivity index (χ0n) is 11.8. The van der Waals surface area contributed by atoms with E-state index in [0.717, 1.165) is 37.3 Å². The summed E-state index contributed by atoms with van der Waals surface area (Å²) in [6.45, 7) is 0.759. The van der Waals surface area contributed by atoms with Gasteiger partial charge in [-0.15, -0.1) is 10.2 Å². The Morgan fingerprint density at radius 3 is 2.82 bits per heavy atom. The number of aromatic nitrogens is 3. The number of rotatable bonds is 3. The van der Waals surface area contributed by atoms with Crippen LogP contribution < -0.4 is 0 Å². The maximum Gasteiger partial charge on any atom is 0.416 e. The van der Waals surface area contributed by atoms with Crippen LogP contribution in [0.15, 0.2) is 24.3 Å². The summed E-state index contributed by atoms with van der Waals surface area (Å²) in [6, 6.07) is 5.27. The van der Waals surface area contributed by atoms with Gasteiger partial charge in [-0.05, 0) is 24.5 Å². The summed E-state index contributed by atoms with van der Waals surface area (Å²) in [5, 5.41) is 17.6. The molecule has 0 saturated heterocycles. The third kappa shape index (κ3) is 2.85. The summed E-state index contributed by atoms with van der Waals surface area (Å²) >= 11 is 0. The molecule has 22 heavy (non-hydrogen) atoms. The zero-order valence-corrected chi connectivity index (χ0v) is 11.8. The van der Waals surface area contributed by atoms with E-state index in [-0.39, 0.29) is 12.5 Å². The number of benzene rings is 1. The Hall–Kier alpha value is -1.89. The molecule has 2 aromatic rings. The lowest BCUT2D eigenvalue weighted by atomic mass is 9.99. The molecule has 1 atom stereocenters. The standard InChI is InChI=1S/C15H16F3N3O/c16-15(17,18)12-5-1-3-10(7-12)8-13-19-20-14-11(9-22)4-2-6-21(13)14/h1,3,5,7,11,22H,2,4,6,8-9H2. The predicted molar refractivity (Wildman–Crippen MR) is 73.3 cm³/mol. The zero-order chi connectivity index (χ0) is 15.7. The minimum atomic E-state index is -4.34. The molecule has 4 nitrogen and oxygen atoms in total. The summed E-state index contributed by atoms with van der Waals surface area (Å²) < 4.78 is 40.2. The second kappa shape index (κ2) is 5.72. The third-order valence-corrected chi connectivity index (χ3v) is 3.99. The van der Waals surface area contributed by atoms with E-state index in [1.54, 1.807) is 6.07 Å². The summed E-state index contributed by atoms with van der Waals surface area (Å²) in [4.78, 5) is 0. The van der Waals surface area contributed by atoms with Crippen molar-refractivity contribution in [3.63, 3.8) is 0 Å². The molecule has 0 amide bonds. The average Bonchev–Trinajstić information content (AvgIpc) is 2.90. The molecule has 7 heteroatoms. The Morgan fingerprint density at radius 1 is 1.27 bits per heavy atom. The number of hydrogen-bond acceptors (Lipinski definition) is 3. The van der Waals surface area contributed by atoms with Gasteiger partial charge in [-0.2, -0.15) is 13.2 Å². The van der Waals surface area contributed by atoms with E-state index < -0.39 is 11.7 Å². The molecule has 1 aliphatic heterocycles. The Bertz CT molecular complexity index is 666.